The Hall–Kier alpha value is -2.97. The van der Waals surface area contributed by atoms with Gasteiger partial charge in [-0.05, 0) is 6.07 Å². The lowest BCUT2D eigenvalue weighted by molar-refractivity contribution is 0.824. The van der Waals surface area contributed by atoms with Crippen molar-refractivity contribution < 1.29 is 0 Å². The molecule has 0 amide bonds. The van der Waals surface area contributed by atoms with E-state index in [4.69, 9.17) is 11.5 Å². The van der Waals surface area contributed by atoms with Gasteiger partial charge >= 0.3 is 5.69 Å². The molecule has 0 saturated carbocycles. The van der Waals surface area contributed by atoms with E-state index in [9.17, 15) is 4.79 Å². The molecule has 0 unspecified atom stereocenters. The van der Waals surface area contributed by atoms with Crippen molar-refractivity contribution >= 4 is 22.8 Å². The second-order valence-electron chi connectivity index (χ2n) is 3.57. The van der Waals surface area contributed by atoms with Crippen LogP contribution in [0.1, 0.15) is 0 Å². The van der Waals surface area contributed by atoms with Crippen molar-refractivity contribution in [3.63, 3.8) is 0 Å². The number of fused-ring (bicyclic) bond motifs is 1. The summed E-state index contributed by atoms with van der Waals surface area (Å²) in [7, 11) is 1.57. The van der Waals surface area contributed by atoms with Gasteiger partial charge in [0.25, 0.3) is 0 Å². The lowest BCUT2D eigenvalue weighted by atomic mass is 10.5. The van der Waals surface area contributed by atoms with Crippen molar-refractivity contribution in [2.45, 2.75) is 0 Å². The molecule has 0 atom stereocenters. The molecule has 3 heterocycles. The van der Waals surface area contributed by atoms with Crippen LogP contribution >= 0.6 is 0 Å². The molecule has 0 aliphatic rings. The van der Waals surface area contributed by atoms with Gasteiger partial charge in [-0.1, -0.05) is 0 Å². The number of hydrogen-bond acceptors (Lipinski definition) is 7. The van der Waals surface area contributed by atoms with E-state index in [1.165, 1.54) is 23.4 Å². The highest BCUT2D eigenvalue weighted by Crippen LogP contribution is 2.09. The van der Waals surface area contributed by atoms with Crippen LogP contribution in [0.25, 0.3) is 11.2 Å². The molecule has 0 spiro atoms. The normalized spacial score (nSPS) is 9.95. The quantitative estimate of drug-likeness (QED) is 0.485. The van der Waals surface area contributed by atoms with E-state index in [-0.39, 0.29) is 5.69 Å². The smallest absolute Gasteiger partial charge is 0.348 e. The van der Waals surface area contributed by atoms with E-state index in [0.717, 1.165) is 0 Å². The molecule has 9 heteroatoms. The van der Waals surface area contributed by atoms with Crippen LogP contribution < -0.4 is 17.2 Å². The standard InChI is InChI=1S/C5H5N5.C5H7N3O/c6-4-3-5(9-1-7-3)10-2-8-4;1-8-4(6)2-3-7-5(8)9/h1-2H,(H3,6,7,8,9,10);2-3H,6H2,1H3. The highest BCUT2D eigenvalue weighted by atomic mass is 16.1. The molecule has 9 nitrogen and oxygen atoms in total. The van der Waals surface area contributed by atoms with Gasteiger partial charge in [0.1, 0.15) is 17.7 Å². The van der Waals surface area contributed by atoms with E-state index >= 15 is 0 Å². The Balaban J connectivity index is 0.000000141. The van der Waals surface area contributed by atoms with Crippen LogP contribution in [0, 0.1) is 0 Å². The Bertz CT molecular complexity index is 746. The van der Waals surface area contributed by atoms with Gasteiger partial charge < -0.3 is 16.5 Å². The van der Waals surface area contributed by atoms with Crippen LogP contribution in [0.4, 0.5) is 11.6 Å². The molecule has 5 N–H and O–H groups in total. The summed E-state index contributed by atoms with van der Waals surface area (Å²) >= 11 is 0. The zero-order valence-electron chi connectivity index (χ0n) is 10.1. The molecule has 0 aromatic carbocycles. The van der Waals surface area contributed by atoms with Gasteiger partial charge in [-0.15, -0.1) is 0 Å². The number of imidazole rings is 1. The number of nitrogens with two attached hydrogens (primary N) is 2. The number of H-pyrrole nitrogens is 1. The molecule has 3 rings (SSSR count). The number of nitrogens with zero attached hydrogens (tertiary/aromatic N) is 5. The summed E-state index contributed by atoms with van der Waals surface area (Å²) in [6, 6.07) is 1.57. The van der Waals surface area contributed by atoms with Gasteiger partial charge in [-0.2, -0.15) is 0 Å². The lowest BCUT2D eigenvalue weighted by Crippen LogP contribution is -2.21. The Morgan fingerprint density at radius 1 is 1.21 bits per heavy atom. The topological polar surface area (TPSA) is 141 Å². The summed E-state index contributed by atoms with van der Waals surface area (Å²) < 4.78 is 1.28. The fraction of sp³-hybridized carbons (Fsp3) is 0.100. The van der Waals surface area contributed by atoms with E-state index in [1.807, 2.05) is 0 Å². The van der Waals surface area contributed by atoms with Gasteiger partial charge in [-0.3, -0.25) is 4.57 Å². The predicted molar refractivity (Wildman–Crippen MR) is 70.0 cm³/mol. The number of rotatable bonds is 0. The average Bonchev–Trinajstić information content (AvgIpc) is 2.86. The molecule has 0 saturated heterocycles. The summed E-state index contributed by atoms with van der Waals surface area (Å²) in [5.74, 6) is 0.859. The van der Waals surface area contributed by atoms with Crippen molar-refractivity contribution in [2.24, 2.45) is 7.05 Å². The molecule has 3 aromatic heterocycles. The second-order valence-corrected chi connectivity index (χ2v) is 3.57. The minimum atomic E-state index is -0.324. The summed E-state index contributed by atoms with van der Waals surface area (Å²) in [6.07, 6.45) is 4.31. The van der Waals surface area contributed by atoms with Gasteiger partial charge in [0.15, 0.2) is 11.5 Å². The first kappa shape index (κ1) is 12.5. The maximum atomic E-state index is 10.6. The highest BCUT2D eigenvalue weighted by Gasteiger charge is 1.99. The van der Waals surface area contributed by atoms with E-state index in [0.29, 0.717) is 22.8 Å². The molecule has 19 heavy (non-hydrogen) atoms. The first-order valence-electron chi connectivity index (χ1n) is 5.26. The van der Waals surface area contributed by atoms with Crippen molar-refractivity contribution in [1.82, 2.24) is 29.5 Å². The van der Waals surface area contributed by atoms with Crippen LogP contribution in [0.3, 0.4) is 0 Å². The Kier molecular flexibility index (Phi) is 3.37. The molecular weight excluding hydrogens is 248 g/mol. The van der Waals surface area contributed by atoms with Crippen molar-refractivity contribution in [3.8, 4) is 0 Å². The fourth-order valence-electron chi connectivity index (χ4n) is 1.27. The van der Waals surface area contributed by atoms with Crippen LogP contribution in [-0.2, 0) is 7.05 Å². The molecule has 0 radical (unpaired) electrons. The van der Waals surface area contributed by atoms with E-state index < -0.39 is 0 Å². The Morgan fingerprint density at radius 2 is 2.00 bits per heavy atom. The third-order valence-electron chi connectivity index (χ3n) is 2.36. The van der Waals surface area contributed by atoms with Gasteiger partial charge in [0, 0.05) is 13.2 Å². The van der Waals surface area contributed by atoms with Crippen LogP contribution in [-0.4, -0.2) is 29.5 Å². The SMILES string of the molecule is Cn1c(N)ccnc1=O.Nc1ncnc2nc[nH]c12. The number of nitrogen functional groups attached to an aromatic ring is 2. The summed E-state index contributed by atoms with van der Waals surface area (Å²) in [4.78, 5) is 28.4. The largest absolute Gasteiger partial charge is 0.385 e. The minimum absolute atomic E-state index is 0.324. The van der Waals surface area contributed by atoms with Crippen LogP contribution in [0.15, 0.2) is 29.7 Å². The average molecular weight is 260 g/mol. The van der Waals surface area contributed by atoms with Crippen LogP contribution in [0.2, 0.25) is 0 Å². The monoisotopic (exact) mass is 260 g/mol. The third-order valence-corrected chi connectivity index (χ3v) is 2.36. The molecule has 98 valence electrons. The number of aromatic amines is 1. The molecular formula is C10H12N8O. The molecule has 0 aliphatic carbocycles. The van der Waals surface area contributed by atoms with E-state index in [1.54, 1.807) is 13.1 Å². The van der Waals surface area contributed by atoms with Crippen LogP contribution in [0.5, 0.6) is 0 Å². The second kappa shape index (κ2) is 5.12. The van der Waals surface area contributed by atoms with Crippen molar-refractivity contribution in [2.75, 3.05) is 11.5 Å². The maximum absolute atomic E-state index is 10.6. The van der Waals surface area contributed by atoms with Gasteiger partial charge in [-0.25, -0.2) is 24.7 Å². The number of aromatic nitrogens is 6. The summed E-state index contributed by atoms with van der Waals surface area (Å²) in [5.41, 5.74) is 11.8. The Labute approximate surface area is 107 Å². The maximum Gasteiger partial charge on any atom is 0.348 e. The molecule has 0 bridgehead atoms. The lowest BCUT2D eigenvalue weighted by Gasteiger charge is -1.97. The van der Waals surface area contributed by atoms with Gasteiger partial charge in [0.2, 0.25) is 0 Å². The predicted octanol–water partition coefficient (Wildman–Crippen LogP) is -0.702. The zero-order valence-corrected chi connectivity index (χ0v) is 10.1. The van der Waals surface area contributed by atoms with Crippen molar-refractivity contribution in [1.29, 1.82) is 0 Å². The minimum Gasteiger partial charge on any atom is -0.385 e. The van der Waals surface area contributed by atoms with Crippen molar-refractivity contribution in [3.05, 3.63) is 35.4 Å². The van der Waals surface area contributed by atoms with E-state index in [2.05, 4.69) is 24.9 Å². The molecule has 0 fully saturated rings. The molecule has 3 aromatic rings. The highest BCUT2D eigenvalue weighted by molar-refractivity contribution is 5.80. The first-order chi connectivity index (χ1) is 9.09. The van der Waals surface area contributed by atoms with Gasteiger partial charge in [0.05, 0.1) is 6.33 Å². The fourth-order valence-corrected chi connectivity index (χ4v) is 1.27. The molecule has 0 aliphatic heterocycles. The zero-order chi connectivity index (χ0) is 13.8. The summed E-state index contributed by atoms with van der Waals surface area (Å²) in [5, 5.41) is 0. The number of nitrogens with one attached hydrogen (secondary N) is 1. The number of anilines is 2. The summed E-state index contributed by atoms with van der Waals surface area (Å²) in [6.45, 7) is 0. The number of hydrogen-bond donors (Lipinski definition) is 3. The third kappa shape index (κ3) is 2.65. The Morgan fingerprint density at radius 3 is 2.63 bits per heavy atom. The first-order valence-corrected chi connectivity index (χ1v) is 5.26.